The molecule has 0 bridgehead atoms. The molecule has 1 N–H and O–H groups in total. The summed E-state index contributed by atoms with van der Waals surface area (Å²) in [6, 6.07) is 0. The molecular formula is C17H34ClNO. The van der Waals surface area contributed by atoms with E-state index in [1.807, 2.05) is 0 Å². The summed E-state index contributed by atoms with van der Waals surface area (Å²) in [5.41, 5.74) is 0. The molecule has 0 aromatic carbocycles. The molecule has 0 saturated heterocycles. The number of amides is 1. The van der Waals surface area contributed by atoms with Gasteiger partial charge in [-0.1, -0.05) is 58.8 Å². The van der Waals surface area contributed by atoms with Gasteiger partial charge >= 0.3 is 0 Å². The second-order valence-electron chi connectivity index (χ2n) is 5.81. The molecule has 0 aromatic rings. The van der Waals surface area contributed by atoms with Crippen LogP contribution in [0.5, 0.6) is 0 Å². The van der Waals surface area contributed by atoms with E-state index in [4.69, 9.17) is 11.6 Å². The molecule has 0 rings (SSSR count). The highest BCUT2D eigenvalue weighted by atomic mass is 35.5. The summed E-state index contributed by atoms with van der Waals surface area (Å²) in [7, 11) is 0. The lowest BCUT2D eigenvalue weighted by atomic mass is 10.0. The molecule has 1 unspecified atom stereocenters. The number of hydrogen-bond donors (Lipinski definition) is 1. The lowest BCUT2D eigenvalue weighted by Crippen LogP contribution is -2.29. The van der Waals surface area contributed by atoms with Crippen molar-refractivity contribution in [2.45, 2.75) is 84.5 Å². The van der Waals surface area contributed by atoms with Crippen molar-refractivity contribution in [1.82, 2.24) is 5.32 Å². The average Bonchev–Trinajstić information content (AvgIpc) is 2.44. The Morgan fingerprint density at radius 3 is 2.20 bits per heavy atom. The van der Waals surface area contributed by atoms with Crippen LogP contribution in [0.2, 0.25) is 0 Å². The van der Waals surface area contributed by atoms with Crippen LogP contribution in [0.15, 0.2) is 0 Å². The Kier molecular flexibility index (Phi) is 15.0. The highest BCUT2D eigenvalue weighted by Gasteiger charge is 2.09. The molecule has 0 spiro atoms. The molecule has 0 heterocycles. The smallest absolute Gasteiger partial charge is 0.220 e. The van der Waals surface area contributed by atoms with Gasteiger partial charge in [0.15, 0.2) is 0 Å². The van der Waals surface area contributed by atoms with Crippen molar-refractivity contribution in [1.29, 1.82) is 0 Å². The molecule has 1 amide bonds. The zero-order valence-corrected chi connectivity index (χ0v) is 14.3. The third-order valence-corrected chi connectivity index (χ3v) is 4.03. The summed E-state index contributed by atoms with van der Waals surface area (Å²) < 4.78 is 0. The van der Waals surface area contributed by atoms with Gasteiger partial charge in [0.25, 0.3) is 0 Å². The van der Waals surface area contributed by atoms with Crippen molar-refractivity contribution in [2.24, 2.45) is 5.92 Å². The fourth-order valence-electron chi connectivity index (χ4n) is 2.50. The van der Waals surface area contributed by atoms with E-state index in [0.717, 1.165) is 32.2 Å². The quantitative estimate of drug-likeness (QED) is 0.343. The second-order valence-corrected chi connectivity index (χ2v) is 6.19. The average molecular weight is 304 g/mol. The van der Waals surface area contributed by atoms with Crippen LogP contribution < -0.4 is 5.32 Å². The summed E-state index contributed by atoms with van der Waals surface area (Å²) >= 11 is 5.79. The van der Waals surface area contributed by atoms with Gasteiger partial charge in [0.1, 0.15) is 0 Å². The lowest BCUT2D eigenvalue weighted by Gasteiger charge is -2.15. The molecule has 0 aliphatic rings. The van der Waals surface area contributed by atoms with E-state index in [-0.39, 0.29) is 5.91 Å². The van der Waals surface area contributed by atoms with E-state index in [9.17, 15) is 4.79 Å². The summed E-state index contributed by atoms with van der Waals surface area (Å²) in [5, 5.41) is 3.07. The van der Waals surface area contributed by atoms with Crippen molar-refractivity contribution in [3.05, 3.63) is 0 Å². The summed E-state index contributed by atoms with van der Waals surface area (Å²) in [6.07, 6.45) is 12.8. The molecule has 0 aromatic heterocycles. The molecule has 0 radical (unpaired) electrons. The third-order valence-electron chi connectivity index (χ3n) is 3.81. The van der Waals surface area contributed by atoms with Gasteiger partial charge in [-0.3, -0.25) is 4.79 Å². The van der Waals surface area contributed by atoms with Crippen LogP contribution in [0.25, 0.3) is 0 Å². The number of carbonyl (C=O) groups excluding carboxylic acids is 1. The van der Waals surface area contributed by atoms with Crippen LogP contribution in [0, 0.1) is 5.92 Å². The number of hydrogen-bond acceptors (Lipinski definition) is 1. The highest BCUT2D eigenvalue weighted by molar-refractivity contribution is 6.17. The molecule has 120 valence electrons. The van der Waals surface area contributed by atoms with Crippen LogP contribution >= 0.6 is 11.6 Å². The third kappa shape index (κ3) is 12.8. The molecule has 0 aliphatic carbocycles. The standard InChI is InChI=1S/C17H34ClNO/c1-3-5-6-7-8-9-10-12-17(20)19-15-16(11-4-2)13-14-18/h16H,3-15H2,1-2H3,(H,19,20). The van der Waals surface area contributed by atoms with Gasteiger partial charge < -0.3 is 5.32 Å². The van der Waals surface area contributed by atoms with E-state index in [2.05, 4.69) is 19.2 Å². The van der Waals surface area contributed by atoms with Crippen LogP contribution in [-0.2, 0) is 4.79 Å². The molecule has 0 aliphatic heterocycles. The molecular weight excluding hydrogens is 270 g/mol. The zero-order valence-electron chi connectivity index (χ0n) is 13.6. The maximum atomic E-state index is 11.7. The molecule has 2 nitrogen and oxygen atoms in total. The number of nitrogens with one attached hydrogen (secondary N) is 1. The van der Waals surface area contributed by atoms with E-state index in [1.165, 1.54) is 38.5 Å². The van der Waals surface area contributed by atoms with E-state index in [0.29, 0.717) is 18.2 Å². The Balaban J connectivity index is 3.47. The fraction of sp³-hybridized carbons (Fsp3) is 0.941. The number of rotatable bonds is 14. The lowest BCUT2D eigenvalue weighted by molar-refractivity contribution is -0.121. The highest BCUT2D eigenvalue weighted by Crippen LogP contribution is 2.11. The minimum absolute atomic E-state index is 0.217. The van der Waals surface area contributed by atoms with Crippen molar-refractivity contribution in [2.75, 3.05) is 12.4 Å². The van der Waals surface area contributed by atoms with Crippen LogP contribution in [-0.4, -0.2) is 18.3 Å². The van der Waals surface area contributed by atoms with E-state index >= 15 is 0 Å². The minimum Gasteiger partial charge on any atom is -0.356 e. The number of halogens is 1. The van der Waals surface area contributed by atoms with Crippen LogP contribution in [0.3, 0.4) is 0 Å². The first kappa shape index (κ1) is 19.8. The van der Waals surface area contributed by atoms with Gasteiger partial charge in [-0.15, -0.1) is 11.6 Å². The Morgan fingerprint density at radius 2 is 1.60 bits per heavy atom. The monoisotopic (exact) mass is 303 g/mol. The second kappa shape index (κ2) is 15.2. The number of unbranched alkanes of at least 4 members (excludes halogenated alkanes) is 6. The van der Waals surface area contributed by atoms with E-state index < -0.39 is 0 Å². The predicted molar refractivity (Wildman–Crippen MR) is 89.4 cm³/mol. The van der Waals surface area contributed by atoms with Crippen molar-refractivity contribution >= 4 is 17.5 Å². The van der Waals surface area contributed by atoms with Crippen molar-refractivity contribution in [3.8, 4) is 0 Å². The van der Waals surface area contributed by atoms with Gasteiger partial charge in [-0.2, -0.15) is 0 Å². The minimum atomic E-state index is 0.217. The summed E-state index contributed by atoms with van der Waals surface area (Å²) in [6.45, 7) is 5.22. The summed E-state index contributed by atoms with van der Waals surface area (Å²) in [4.78, 5) is 11.7. The normalized spacial score (nSPS) is 12.3. The van der Waals surface area contributed by atoms with Gasteiger partial charge in [-0.05, 0) is 25.2 Å². The first-order valence-electron chi connectivity index (χ1n) is 8.57. The Labute approximate surface area is 131 Å². The van der Waals surface area contributed by atoms with Gasteiger partial charge in [0.05, 0.1) is 0 Å². The first-order chi connectivity index (χ1) is 9.74. The Bertz CT molecular complexity index is 215. The van der Waals surface area contributed by atoms with Gasteiger partial charge in [-0.25, -0.2) is 0 Å². The molecule has 3 heteroatoms. The largest absolute Gasteiger partial charge is 0.356 e. The Morgan fingerprint density at radius 1 is 0.950 bits per heavy atom. The first-order valence-corrected chi connectivity index (χ1v) is 9.10. The topological polar surface area (TPSA) is 29.1 Å². The van der Waals surface area contributed by atoms with Crippen LogP contribution in [0.1, 0.15) is 84.5 Å². The van der Waals surface area contributed by atoms with Gasteiger partial charge in [0.2, 0.25) is 5.91 Å². The zero-order chi connectivity index (χ0) is 15.1. The van der Waals surface area contributed by atoms with Crippen molar-refractivity contribution < 1.29 is 4.79 Å². The molecule has 0 fully saturated rings. The molecule has 1 atom stereocenters. The van der Waals surface area contributed by atoms with E-state index in [1.54, 1.807) is 0 Å². The summed E-state index contributed by atoms with van der Waals surface area (Å²) in [5.74, 6) is 1.46. The molecule has 0 saturated carbocycles. The van der Waals surface area contributed by atoms with Crippen LogP contribution in [0.4, 0.5) is 0 Å². The molecule has 20 heavy (non-hydrogen) atoms. The number of carbonyl (C=O) groups is 1. The van der Waals surface area contributed by atoms with Crippen molar-refractivity contribution in [3.63, 3.8) is 0 Å². The maximum Gasteiger partial charge on any atom is 0.220 e. The Hall–Kier alpha value is -0.240. The fourth-order valence-corrected chi connectivity index (χ4v) is 2.81. The maximum absolute atomic E-state index is 11.7. The van der Waals surface area contributed by atoms with Gasteiger partial charge in [0, 0.05) is 18.8 Å². The number of alkyl halides is 1. The SMILES string of the molecule is CCCCCCCCCC(=O)NCC(CCC)CCCl. The predicted octanol–water partition coefficient (Wildman–Crippen LogP) is 5.29.